The number of carbonyl (C=O) groups is 1. The Morgan fingerprint density at radius 3 is 2.46 bits per heavy atom. The topological polar surface area (TPSA) is 53.2 Å². The van der Waals surface area contributed by atoms with Crippen LogP contribution in [-0.2, 0) is 4.74 Å². The van der Waals surface area contributed by atoms with Crippen molar-refractivity contribution >= 4 is 27.4 Å². The van der Waals surface area contributed by atoms with Crippen molar-refractivity contribution in [1.82, 2.24) is 0 Å². The first kappa shape index (κ1) is 16.3. The number of methoxy groups -OCH3 is 1. The molecule has 0 amide bonds. The van der Waals surface area contributed by atoms with Crippen LogP contribution in [0.2, 0.25) is 0 Å². The van der Waals surface area contributed by atoms with Crippen LogP contribution in [0.15, 0.2) is 73.1 Å². The zero-order valence-electron chi connectivity index (χ0n) is 14.0. The summed E-state index contributed by atoms with van der Waals surface area (Å²) in [5, 5.41) is 13.0. The van der Waals surface area contributed by atoms with E-state index < -0.39 is 5.97 Å². The Kier molecular flexibility index (Phi) is 4.14. The molecule has 5 heteroatoms. The van der Waals surface area contributed by atoms with E-state index in [1.54, 1.807) is 12.3 Å². The van der Waals surface area contributed by atoms with Crippen LogP contribution in [0.4, 0.5) is 0 Å². The van der Waals surface area contributed by atoms with E-state index in [1.807, 2.05) is 48.5 Å². The van der Waals surface area contributed by atoms with Crippen molar-refractivity contribution in [2.45, 2.75) is 0 Å². The standard InChI is InChI=1S/C21H15NO3S/c1-25-21(23)19-11-17-18(12-22(24)13-20(17)26-19)16-9-5-8-15(10-16)14-6-3-2-4-7-14/h2-13H,1H3. The molecular formula is C21H15NO3S. The van der Waals surface area contributed by atoms with E-state index >= 15 is 0 Å². The number of benzene rings is 2. The lowest BCUT2D eigenvalue weighted by Crippen LogP contribution is -2.24. The monoisotopic (exact) mass is 361 g/mol. The summed E-state index contributed by atoms with van der Waals surface area (Å²) in [5.74, 6) is -0.396. The zero-order valence-corrected chi connectivity index (χ0v) is 14.8. The van der Waals surface area contributed by atoms with Gasteiger partial charge in [-0.25, -0.2) is 4.79 Å². The molecule has 0 aliphatic rings. The number of nitrogens with zero attached hydrogens (tertiary/aromatic N) is 1. The van der Waals surface area contributed by atoms with Gasteiger partial charge in [-0.2, -0.15) is 4.73 Å². The van der Waals surface area contributed by atoms with Gasteiger partial charge < -0.3 is 9.94 Å². The number of thiophene rings is 1. The molecule has 0 unspecified atom stereocenters. The Morgan fingerprint density at radius 1 is 0.962 bits per heavy atom. The van der Waals surface area contributed by atoms with Gasteiger partial charge in [-0.15, -0.1) is 11.3 Å². The summed E-state index contributed by atoms with van der Waals surface area (Å²) in [7, 11) is 1.35. The summed E-state index contributed by atoms with van der Waals surface area (Å²) >= 11 is 1.26. The number of rotatable bonds is 3. The highest BCUT2D eigenvalue weighted by Gasteiger charge is 2.17. The summed E-state index contributed by atoms with van der Waals surface area (Å²) in [6.07, 6.45) is 3.03. The number of aromatic nitrogens is 1. The Labute approximate surface area is 154 Å². The van der Waals surface area contributed by atoms with E-state index in [4.69, 9.17) is 4.74 Å². The molecule has 0 saturated heterocycles. The number of pyridine rings is 1. The fraction of sp³-hybridized carbons (Fsp3) is 0.0476. The molecule has 0 atom stereocenters. The van der Waals surface area contributed by atoms with Gasteiger partial charge in [0.05, 0.1) is 12.7 Å². The summed E-state index contributed by atoms with van der Waals surface area (Å²) in [6.45, 7) is 0. The van der Waals surface area contributed by atoms with E-state index in [9.17, 15) is 10.0 Å². The highest BCUT2D eigenvalue weighted by molar-refractivity contribution is 7.20. The molecule has 2 heterocycles. The van der Waals surface area contributed by atoms with Gasteiger partial charge >= 0.3 is 5.97 Å². The SMILES string of the molecule is COC(=O)c1cc2c(-c3cccc(-c4ccccc4)c3)c[n+]([O-])cc2s1. The molecule has 4 aromatic rings. The molecule has 0 saturated carbocycles. The van der Waals surface area contributed by atoms with Crippen molar-refractivity contribution in [1.29, 1.82) is 0 Å². The Morgan fingerprint density at radius 2 is 1.69 bits per heavy atom. The van der Waals surface area contributed by atoms with Crippen molar-refractivity contribution in [3.63, 3.8) is 0 Å². The van der Waals surface area contributed by atoms with Gasteiger partial charge in [0.1, 0.15) is 9.58 Å². The molecule has 0 N–H and O–H groups in total. The third-order valence-electron chi connectivity index (χ3n) is 4.22. The minimum absolute atomic E-state index is 0.396. The molecule has 0 bridgehead atoms. The second kappa shape index (κ2) is 6.61. The summed E-state index contributed by atoms with van der Waals surface area (Å²) < 4.78 is 6.34. The van der Waals surface area contributed by atoms with E-state index in [2.05, 4.69) is 6.07 Å². The third kappa shape index (κ3) is 2.93. The number of ether oxygens (including phenoxy) is 1. The van der Waals surface area contributed by atoms with E-state index in [0.717, 1.165) is 37.1 Å². The lowest BCUT2D eigenvalue weighted by atomic mass is 9.98. The Hall–Kier alpha value is -3.18. The highest BCUT2D eigenvalue weighted by Crippen LogP contribution is 2.34. The Bertz CT molecular complexity index is 1100. The molecule has 26 heavy (non-hydrogen) atoms. The molecule has 4 nitrogen and oxygen atoms in total. The minimum Gasteiger partial charge on any atom is -0.619 e. The number of hydrogen-bond donors (Lipinski definition) is 0. The van der Waals surface area contributed by atoms with Crippen LogP contribution in [0.5, 0.6) is 0 Å². The van der Waals surface area contributed by atoms with Gasteiger partial charge in [0.25, 0.3) is 0 Å². The maximum absolute atomic E-state index is 12.1. The van der Waals surface area contributed by atoms with E-state index in [1.165, 1.54) is 24.6 Å². The molecule has 0 radical (unpaired) electrons. The molecular weight excluding hydrogens is 346 g/mol. The first-order chi connectivity index (χ1) is 12.7. The van der Waals surface area contributed by atoms with Crippen molar-refractivity contribution < 1.29 is 14.3 Å². The van der Waals surface area contributed by atoms with Crippen molar-refractivity contribution in [2.24, 2.45) is 0 Å². The first-order valence-electron chi connectivity index (χ1n) is 8.06. The molecule has 0 fully saturated rings. The van der Waals surface area contributed by atoms with E-state index in [-0.39, 0.29) is 0 Å². The zero-order chi connectivity index (χ0) is 18.1. The maximum Gasteiger partial charge on any atom is 0.348 e. The molecule has 128 valence electrons. The smallest absolute Gasteiger partial charge is 0.348 e. The van der Waals surface area contributed by atoms with Crippen molar-refractivity contribution in [3.8, 4) is 22.3 Å². The quantitative estimate of drug-likeness (QED) is 0.303. The molecule has 2 aromatic heterocycles. The molecule has 2 aromatic carbocycles. The second-order valence-electron chi connectivity index (χ2n) is 5.86. The molecule has 0 aliphatic carbocycles. The van der Waals surface area contributed by atoms with Crippen LogP contribution < -0.4 is 4.73 Å². The number of hydrogen-bond acceptors (Lipinski definition) is 4. The van der Waals surface area contributed by atoms with Crippen LogP contribution in [0.25, 0.3) is 32.3 Å². The predicted molar refractivity (Wildman–Crippen MR) is 103 cm³/mol. The normalized spacial score (nSPS) is 10.8. The number of fused-ring (bicyclic) bond motifs is 1. The Balaban J connectivity index is 1.89. The lowest BCUT2D eigenvalue weighted by Gasteiger charge is -2.07. The number of esters is 1. The van der Waals surface area contributed by atoms with Gasteiger partial charge in [-0.1, -0.05) is 48.5 Å². The van der Waals surface area contributed by atoms with Crippen LogP contribution in [0, 0.1) is 5.21 Å². The fourth-order valence-electron chi connectivity index (χ4n) is 2.99. The van der Waals surface area contributed by atoms with Crippen molar-refractivity contribution in [2.75, 3.05) is 7.11 Å². The van der Waals surface area contributed by atoms with Gasteiger partial charge in [0.2, 0.25) is 0 Å². The van der Waals surface area contributed by atoms with Gasteiger partial charge in [0.15, 0.2) is 12.4 Å². The molecule has 0 spiro atoms. The number of carbonyl (C=O) groups excluding carboxylic acids is 1. The van der Waals surface area contributed by atoms with Crippen LogP contribution in [0.3, 0.4) is 0 Å². The maximum atomic E-state index is 12.1. The summed E-state index contributed by atoms with van der Waals surface area (Å²) in [5.41, 5.74) is 3.90. The van der Waals surface area contributed by atoms with E-state index in [0.29, 0.717) is 4.88 Å². The third-order valence-corrected chi connectivity index (χ3v) is 5.27. The average Bonchev–Trinajstić information content (AvgIpc) is 3.11. The van der Waals surface area contributed by atoms with Gasteiger partial charge in [0, 0.05) is 5.39 Å². The minimum atomic E-state index is -0.396. The second-order valence-corrected chi connectivity index (χ2v) is 6.94. The molecule has 4 rings (SSSR count). The average molecular weight is 361 g/mol. The summed E-state index contributed by atoms with van der Waals surface area (Å²) in [4.78, 5) is 12.3. The van der Waals surface area contributed by atoms with Crippen molar-refractivity contribution in [3.05, 3.63) is 83.1 Å². The van der Waals surface area contributed by atoms with Gasteiger partial charge in [-0.05, 0) is 28.8 Å². The fourth-order valence-corrected chi connectivity index (χ4v) is 4.01. The highest BCUT2D eigenvalue weighted by atomic mass is 32.1. The van der Waals surface area contributed by atoms with Crippen LogP contribution in [0.1, 0.15) is 9.67 Å². The van der Waals surface area contributed by atoms with Crippen LogP contribution >= 0.6 is 11.3 Å². The van der Waals surface area contributed by atoms with Crippen LogP contribution in [-0.4, -0.2) is 13.1 Å². The largest absolute Gasteiger partial charge is 0.619 e. The first-order valence-corrected chi connectivity index (χ1v) is 8.88. The molecule has 0 aliphatic heterocycles. The predicted octanol–water partition coefficient (Wildman–Crippen LogP) is 4.66. The van der Waals surface area contributed by atoms with Gasteiger partial charge in [-0.3, -0.25) is 0 Å². The summed E-state index contributed by atoms with van der Waals surface area (Å²) in [6, 6.07) is 19.9. The lowest BCUT2D eigenvalue weighted by molar-refractivity contribution is -0.603.